The molecule has 2 atom stereocenters. The van der Waals surface area contributed by atoms with Gasteiger partial charge in [-0.1, -0.05) is 78.9 Å². The Bertz CT molecular complexity index is 1400. The fourth-order valence-corrected chi connectivity index (χ4v) is 6.96. The molecule has 6 rings (SSSR count). The molecule has 1 aliphatic carbocycles. The molecule has 2 aliphatic heterocycles. The Balaban J connectivity index is 1.16. The summed E-state index contributed by atoms with van der Waals surface area (Å²) in [7, 11) is 0. The molecule has 3 aromatic rings. The Morgan fingerprint density at radius 3 is 2.02 bits per heavy atom. The highest BCUT2D eigenvalue weighted by Gasteiger charge is 2.54. The zero-order chi connectivity index (χ0) is 29.1. The van der Waals surface area contributed by atoms with Crippen molar-refractivity contribution in [1.29, 1.82) is 0 Å². The number of alkyl carbamates (subject to hydrolysis) is 1. The molecule has 0 radical (unpaired) electrons. The quantitative estimate of drug-likeness (QED) is 0.270. The second-order valence-corrected chi connectivity index (χ2v) is 11.3. The molecule has 1 N–H and O–H groups in total. The Hall–Kier alpha value is -4.33. The predicted molar refractivity (Wildman–Crippen MR) is 157 cm³/mol. The van der Waals surface area contributed by atoms with E-state index in [1.807, 2.05) is 54.6 Å². The van der Waals surface area contributed by atoms with Gasteiger partial charge in [-0.05, 0) is 54.0 Å². The summed E-state index contributed by atoms with van der Waals surface area (Å²) < 4.78 is 16.9. The number of carbonyl (C=O) groups is 3. The Labute approximate surface area is 246 Å². The van der Waals surface area contributed by atoms with Gasteiger partial charge in [0.25, 0.3) is 0 Å². The first-order valence-corrected chi connectivity index (χ1v) is 14.8. The Morgan fingerprint density at radius 1 is 0.810 bits per heavy atom. The molecule has 218 valence electrons. The van der Waals surface area contributed by atoms with Gasteiger partial charge >= 0.3 is 18.2 Å². The topological polar surface area (TPSA) is 94.2 Å². The molecule has 3 aliphatic rings. The van der Waals surface area contributed by atoms with Gasteiger partial charge in [0.2, 0.25) is 0 Å². The molecule has 2 bridgehead atoms. The van der Waals surface area contributed by atoms with E-state index in [4.69, 9.17) is 14.2 Å². The zero-order valence-corrected chi connectivity index (χ0v) is 23.8. The van der Waals surface area contributed by atoms with Crippen LogP contribution in [-0.2, 0) is 25.6 Å². The first kappa shape index (κ1) is 27.8. The van der Waals surface area contributed by atoms with Crippen molar-refractivity contribution in [2.75, 3.05) is 13.2 Å². The normalized spacial score (nSPS) is 22.5. The van der Waals surface area contributed by atoms with E-state index in [0.717, 1.165) is 23.1 Å². The average Bonchev–Trinajstić information content (AvgIpc) is 3.32. The summed E-state index contributed by atoms with van der Waals surface area (Å²) in [4.78, 5) is 41.7. The number of piperidine rings is 2. The number of fused-ring (bicyclic) bond motifs is 5. The van der Waals surface area contributed by atoms with Gasteiger partial charge in [-0.25, -0.2) is 14.4 Å². The Morgan fingerprint density at radius 2 is 1.40 bits per heavy atom. The van der Waals surface area contributed by atoms with Gasteiger partial charge in [-0.15, -0.1) is 0 Å². The minimum Gasteiger partial charge on any atom is -0.464 e. The molecular weight excluding hydrogens is 532 g/mol. The zero-order valence-electron chi connectivity index (χ0n) is 23.8. The number of rotatable bonds is 7. The van der Waals surface area contributed by atoms with Crippen LogP contribution in [0.25, 0.3) is 11.1 Å². The van der Waals surface area contributed by atoms with Crippen molar-refractivity contribution in [3.8, 4) is 11.1 Å². The summed E-state index contributed by atoms with van der Waals surface area (Å²) in [5.41, 5.74) is 4.23. The second kappa shape index (κ2) is 11.9. The molecule has 0 saturated carbocycles. The van der Waals surface area contributed by atoms with E-state index in [9.17, 15) is 14.4 Å². The van der Waals surface area contributed by atoms with Crippen molar-refractivity contribution in [3.63, 3.8) is 0 Å². The van der Waals surface area contributed by atoms with Crippen molar-refractivity contribution < 1.29 is 28.6 Å². The molecule has 0 spiro atoms. The standard InChI is InChI=1S/C34H36N2O6/c1-2-40-31(37)34(35-32(38)41-21-23-11-4-3-5-12-23)19-24-13-10-14-25(20-34)36(24)33(39)42-22-30-28-17-8-6-15-26(28)27-16-7-9-18-29(27)30/h3-9,11-12,15-18,24-25,30H,2,10,13-14,19-22H2,1H3,(H,35,38). The van der Waals surface area contributed by atoms with E-state index in [1.165, 1.54) is 11.1 Å². The lowest BCUT2D eigenvalue weighted by Crippen LogP contribution is -2.68. The number of ether oxygens (including phenoxy) is 3. The number of benzene rings is 3. The van der Waals surface area contributed by atoms with Gasteiger partial charge in [0.15, 0.2) is 0 Å². The molecule has 2 amide bonds. The molecular formula is C34H36N2O6. The number of nitrogens with one attached hydrogen (secondary N) is 1. The first-order valence-electron chi connectivity index (χ1n) is 14.8. The summed E-state index contributed by atoms with van der Waals surface area (Å²) >= 11 is 0. The van der Waals surface area contributed by atoms with Gasteiger partial charge in [0.05, 0.1) is 6.61 Å². The van der Waals surface area contributed by atoms with Gasteiger partial charge < -0.3 is 24.4 Å². The summed E-state index contributed by atoms with van der Waals surface area (Å²) in [5, 5.41) is 2.86. The van der Waals surface area contributed by atoms with Gasteiger partial charge in [-0.3, -0.25) is 0 Å². The van der Waals surface area contributed by atoms with Crippen LogP contribution < -0.4 is 5.32 Å². The molecule has 8 heteroatoms. The lowest BCUT2D eigenvalue weighted by atomic mass is 9.73. The van der Waals surface area contributed by atoms with Crippen molar-refractivity contribution in [3.05, 3.63) is 95.6 Å². The SMILES string of the molecule is CCOC(=O)C1(NC(=O)OCc2ccccc2)CC2CCCC(C1)N2C(=O)OCC1c2ccccc2-c2ccccc21. The number of amides is 2. The lowest BCUT2D eigenvalue weighted by Gasteiger charge is -2.51. The second-order valence-electron chi connectivity index (χ2n) is 11.3. The maximum Gasteiger partial charge on any atom is 0.410 e. The largest absolute Gasteiger partial charge is 0.464 e. The van der Waals surface area contributed by atoms with E-state index >= 15 is 0 Å². The molecule has 42 heavy (non-hydrogen) atoms. The third-order valence-electron chi connectivity index (χ3n) is 8.80. The van der Waals surface area contributed by atoms with Crippen LogP contribution in [0, 0.1) is 0 Å². The van der Waals surface area contributed by atoms with Crippen LogP contribution in [0.5, 0.6) is 0 Å². The summed E-state index contributed by atoms with van der Waals surface area (Å²) in [6, 6.07) is 25.3. The fourth-order valence-electron chi connectivity index (χ4n) is 6.96. The Kier molecular flexibility index (Phi) is 7.87. The van der Waals surface area contributed by atoms with Crippen LogP contribution in [0.15, 0.2) is 78.9 Å². The van der Waals surface area contributed by atoms with E-state index in [1.54, 1.807) is 11.8 Å². The molecule has 3 aromatic carbocycles. The third kappa shape index (κ3) is 5.33. The highest BCUT2D eigenvalue weighted by molar-refractivity contribution is 5.87. The highest BCUT2D eigenvalue weighted by atomic mass is 16.6. The van der Waals surface area contributed by atoms with E-state index < -0.39 is 17.6 Å². The number of nitrogens with zero attached hydrogens (tertiary/aromatic N) is 1. The number of hydrogen-bond donors (Lipinski definition) is 1. The molecule has 2 fully saturated rings. The monoisotopic (exact) mass is 568 g/mol. The molecule has 0 aromatic heterocycles. The minimum absolute atomic E-state index is 0.0364. The van der Waals surface area contributed by atoms with Crippen molar-refractivity contribution >= 4 is 18.2 Å². The summed E-state index contributed by atoms with van der Waals surface area (Å²) in [6.07, 6.45) is 1.78. The van der Waals surface area contributed by atoms with Crippen LogP contribution in [0.4, 0.5) is 9.59 Å². The highest BCUT2D eigenvalue weighted by Crippen LogP contribution is 2.45. The maximum absolute atomic E-state index is 13.7. The fraction of sp³-hybridized carbons (Fsp3) is 0.382. The molecule has 2 unspecified atom stereocenters. The lowest BCUT2D eigenvalue weighted by molar-refractivity contribution is -0.156. The predicted octanol–water partition coefficient (Wildman–Crippen LogP) is 6.18. The summed E-state index contributed by atoms with van der Waals surface area (Å²) in [5.74, 6) is -0.531. The van der Waals surface area contributed by atoms with E-state index in [-0.39, 0.29) is 56.8 Å². The number of carbonyl (C=O) groups excluding carboxylic acids is 3. The van der Waals surface area contributed by atoms with Gasteiger partial charge in [0.1, 0.15) is 18.8 Å². The average molecular weight is 569 g/mol. The minimum atomic E-state index is -1.28. The number of esters is 1. The molecule has 2 heterocycles. The van der Waals surface area contributed by atoms with Crippen molar-refractivity contribution in [2.45, 2.75) is 69.2 Å². The van der Waals surface area contributed by atoms with Crippen LogP contribution >= 0.6 is 0 Å². The smallest absolute Gasteiger partial charge is 0.410 e. The summed E-state index contributed by atoms with van der Waals surface area (Å²) in [6.45, 7) is 2.25. The van der Waals surface area contributed by atoms with Crippen LogP contribution in [0.2, 0.25) is 0 Å². The van der Waals surface area contributed by atoms with E-state index in [0.29, 0.717) is 12.8 Å². The van der Waals surface area contributed by atoms with Gasteiger partial charge in [0, 0.05) is 30.8 Å². The van der Waals surface area contributed by atoms with Crippen LogP contribution in [-0.4, -0.2) is 53.9 Å². The number of hydrogen-bond acceptors (Lipinski definition) is 6. The maximum atomic E-state index is 13.7. The first-order chi connectivity index (χ1) is 20.5. The van der Waals surface area contributed by atoms with Crippen LogP contribution in [0.1, 0.15) is 61.6 Å². The van der Waals surface area contributed by atoms with Gasteiger partial charge in [-0.2, -0.15) is 0 Å². The van der Waals surface area contributed by atoms with E-state index in [2.05, 4.69) is 29.6 Å². The van der Waals surface area contributed by atoms with Crippen molar-refractivity contribution in [2.24, 2.45) is 0 Å². The molecule has 2 saturated heterocycles. The molecule has 8 nitrogen and oxygen atoms in total. The third-order valence-corrected chi connectivity index (χ3v) is 8.80. The van der Waals surface area contributed by atoms with Crippen LogP contribution in [0.3, 0.4) is 0 Å². The van der Waals surface area contributed by atoms with Crippen molar-refractivity contribution in [1.82, 2.24) is 10.2 Å².